The zero-order valence-corrected chi connectivity index (χ0v) is 19.3. The normalized spacial score (nSPS) is 10.7. The van der Waals surface area contributed by atoms with E-state index in [1.165, 1.54) is 30.3 Å². The maximum Gasteiger partial charge on any atom is 0.289 e. The summed E-state index contributed by atoms with van der Waals surface area (Å²) in [6, 6.07) is 19.1. The first-order chi connectivity index (χ1) is 16.8. The molecule has 1 aromatic heterocycles. The number of rotatable bonds is 8. The maximum absolute atomic E-state index is 12.5. The van der Waals surface area contributed by atoms with Gasteiger partial charge in [0, 0.05) is 35.1 Å². The molecular formula is C22H15ClN6O5S. The highest BCUT2D eigenvalue weighted by molar-refractivity contribution is 7.99. The Labute approximate surface area is 207 Å². The number of benzene rings is 3. The molecule has 0 spiro atoms. The summed E-state index contributed by atoms with van der Waals surface area (Å²) in [6.45, 7) is 0. The number of aromatic nitrogens is 3. The number of halogens is 1. The number of anilines is 1. The van der Waals surface area contributed by atoms with Gasteiger partial charge in [0.2, 0.25) is 5.91 Å². The van der Waals surface area contributed by atoms with Crippen LogP contribution in [0.2, 0.25) is 5.02 Å². The van der Waals surface area contributed by atoms with Gasteiger partial charge in [-0.25, -0.2) is 0 Å². The van der Waals surface area contributed by atoms with Gasteiger partial charge in [0.25, 0.3) is 11.4 Å². The quantitative estimate of drug-likeness (QED) is 0.195. The maximum atomic E-state index is 12.5. The fraction of sp³-hybridized carbons (Fsp3) is 0.0455. The van der Waals surface area contributed by atoms with Crippen molar-refractivity contribution in [2.75, 3.05) is 11.1 Å². The van der Waals surface area contributed by atoms with E-state index < -0.39 is 15.8 Å². The number of nitro groups is 2. The van der Waals surface area contributed by atoms with Crippen LogP contribution in [0.25, 0.3) is 17.1 Å². The first kappa shape index (κ1) is 23.9. The van der Waals surface area contributed by atoms with Crippen molar-refractivity contribution < 1.29 is 14.6 Å². The average molecular weight is 511 g/mol. The molecule has 1 heterocycles. The molecular weight excluding hydrogens is 496 g/mol. The molecule has 0 fully saturated rings. The molecule has 35 heavy (non-hydrogen) atoms. The number of nitrogens with one attached hydrogen (secondary N) is 1. The lowest BCUT2D eigenvalue weighted by molar-refractivity contribution is -0.384. The van der Waals surface area contributed by atoms with E-state index in [1.54, 1.807) is 16.7 Å². The van der Waals surface area contributed by atoms with Gasteiger partial charge in [-0.2, -0.15) is 0 Å². The number of para-hydroxylation sites is 1. The summed E-state index contributed by atoms with van der Waals surface area (Å²) in [5.41, 5.74) is 1.23. The predicted octanol–water partition coefficient (Wildman–Crippen LogP) is 5.13. The van der Waals surface area contributed by atoms with Crippen LogP contribution in [0.3, 0.4) is 0 Å². The third-order valence-corrected chi connectivity index (χ3v) is 5.99. The third-order valence-electron chi connectivity index (χ3n) is 4.74. The smallest absolute Gasteiger partial charge is 0.289 e. The Kier molecular flexibility index (Phi) is 7.03. The van der Waals surface area contributed by atoms with Gasteiger partial charge in [0.15, 0.2) is 11.0 Å². The SMILES string of the molecule is O=C(CSc1nnc(-c2ccc([N+](=O)[O-])cc2)n1-c1ccccc1)Nc1ccc(Cl)c([N+](=O)[O-])c1. The summed E-state index contributed by atoms with van der Waals surface area (Å²) in [4.78, 5) is 33.5. The molecule has 0 atom stereocenters. The van der Waals surface area contributed by atoms with Crippen LogP contribution in [-0.4, -0.2) is 36.3 Å². The van der Waals surface area contributed by atoms with Gasteiger partial charge in [0.05, 0.1) is 15.6 Å². The van der Waals surface area contributed by atoms with Crippen molar-refractivity contribution in [2.45, 2.75) is 5.16 Å². The highest BCUT2D eigenvalue weighted by atomic mass is 35.5. The zero-order valence-electron chi connectivity index (χ0n) is 17.7. The Balaban J connectivity index is 1.57. The van der Waals surface area contributed by atoms with Crippen molar-refractivity contribution in [1.82, 2.24) is 14.8 Å². The molecule has 4 aromatic rings. The van der Waals surface area contributed by atoms with Crippen LogP contribution in [0, 0.1) is 20.2 Å². The van der Waals surface area contributed by atoms with Gasteiger partial charge < -0.3 is 5.32 Å². The number of carbonyl (C=O) groups excluding carboxylic acids is 1. The van der Waals surface area contributed by atoms with Crippen LogP contribution in [-0.2, 0) is 4.79 Å². The number of nitro benzene ring substituents is 2. The number of hydrogen-bond donors (Lipinski definition) is 1. The van der Waals surface area contributed by atoms with Crippen molar-refractivity contribution in [3.63, 3.8) is 0 Å². The van der Waals surface area contributed by atoms with E-state index in [-0.39, 0.29) is 27.8 Å². The van der Waals surface area contributed by atoms with Crippen LogP contribution < -0.4 is 5.32 Å². The highest BCUT2D eigenvalue weighted by Gasteiger charge is 2.19. The first-order valence-electron chi connectivity index (χ1n) is 9.96. The zero-order chi connectivity index (χ0) is 24.9. The molecule has 0 aliphatic carbocycles. The van der Waals surface area contributed by atoms with Crippen LogP contribution in [0.1, 0.15) is 0 Å². The predicted molar refractivity (Wildman–Crippen MR) is 131 cm³/mol. The third kappa shape index (κ3) is 5.45. The summed E-state index contributed by atoms with van der Waals surface area (Å²) in [7, 11) is 0. The van der Waals surface area contributed by atoms with E-state index in [2.05, 4.69) is 15.5 Å². The van der Waals surface area contributed by atoms with Gasteiger partial charge in [-0.15, -0.1) is 10.2 Å². The topological polar surface area (TPSA) is 146 Å². The molecule has 0 saturated carbocycles. The van der Waals surface area contributed by atoms with Crippen LogP contribution >= 0.6 is 23.4 Å². The first-order valence-corrected chi connectivity index (χ1v) is 11.3. The Hall–Kier alpha value is -4.29. The van der Waals surface area contributed by atoms with Crippen molar-refractivity contribution >= 4 is 46.3 Å². The number of non-ortho nitro benzene ring substituents is 1. The summed E-state index contributed by atoms with van der Waals surface area (Å²) in [5, 5.41) is 33.5. The number of nitrogens with zero attached hydrogens (tertiary/aromatic N) is 5. The monoisotopic (exact) mass is 510 g/mol. The largest absolute Gasteiger partial charge is 0.325 e. The second-order valence-corrected chi connectivity index (χ2v) is 8.39. The molecule has 176 valence electrons. The van der Waals surface area contributed by atoms with Crippen molar-refractivity contribution in [3.8, 4) is 17.1 Å². The fourth-order valence-corrected chi connectivity index (χ4v) is 4.09. The molecule has 0 aliphatic rings. The fourth-order valence-electron chi connectivity index (χ4n) is 3.15. The van der Waals surface area contributed by atoms with Crippen molar-refractivity contribution in [3.05, 3.63) is 98.0 Å². The molecule has 1 N–H and O–H groups in total. The molecule has 0 saturated heterocycles. The molecule has 11 nitrogen and oxygen atoms in total. The van der Waals surface area contributed by atoms with Gasteiger partial charge in [-0.3, -0.25) is 29.6 Å². The van der Waals surface area contributed by atoms with Crippen LogP contribution in [0.4, 0.5) is 17.1 Å². The molecule has 0 aliphatic heterocycles. The minimum absolute atomic E-state index is 0.0305. The molecule has 0 radical (unpaired) electrons. The van der Waals surface area contributed by atoms with Crippen LogP contribution in [0.5, 0.6) is 0 Å². The van der Waals surface area contributed by atoms with Crippen molar-refractivity contribution in [2.24, 2.45) is 0 Å². The molecule has 13 heteroatoms. The molecule has 1 amide bonds. The lowest BCUT2D eigenvalue weighted by atomic mass is 10.2. The van der Waals surface area contributed by atoms with E-state index in [4.69, 9.17) is 11.6 Å². The molecule has 0 bridgehead atoms. The minimum atomic E-state index is -0.630. The second-order valence-electron chi connectivity index (χ2n) is 7.04. The number of thioether (sulfide) groups is 1. The van der Waals surface area contributed by atoms with E-state index in [1.807, 2.05) is 30.3 Å². The summed E-state index contributed by atoms with van der Waals surface area (Å²) >= 11 is 6.93. The summed E-state index contributed by atoms with van der Waals surface area (Å²) in [5.74, 6) is -0.0183. The van der Waals surface area contributed by atoms with Crippen LogP contribution in [0.15, 0.2) is 78.0 Å². The van der Waals surface area contributed by atoms with Crippen molar-refractivity contribution in [1.29, 1.82) is 0 Å². The number of hydrogen-bond acceptors (Lipinski definition) is 8. The summed E-state index contributed by atoms with van der Waals surface area (Å²) in [6.07, 6.45) is 0. The summed E-state index contributed by atoms with van der Waals surface area (Å²) < 4.78 is 1.74. The van der Waals surface area contributed by atoms with Gasteiger partial charge in [0.1, 0.15) is 5.02 Å². The van der Waals surface area contributed by atoms with E-state index in [0.717, 1.165) is 17.4 Å². The Morgan fingerprint density at radius 3 is 2.34 bits per heavy atom. The average Bonchev–Trinajstić information content (AvgIpc) is 3.28. The highest BCUT2D eigenvalue weighted by Crippen LogP contribution is 2.30. The van der Waals surface area contributed by atoms with E-state index >= 15 is 0 Å². The molecule has 4 rings (SSSR count). The van der Waals surface area contributed by atoms with Gasteiger partial charge >= 0.3 is 0 Å². The molecule has 3 aromatic carbocycles. The van der Waals surface area contributed by atoms with E-state index in [0.29, 0.717) is 16.5 Å². The van der Waals surface area contributed by atoms with Gasteiger partial charge in [-0.1, -0.05) is 41.6 Å². The second kappa shape index (κ2) is 10.3. The molecule has 0 unspecified atom stereocenters. The standard InChI is InChI=1S/C22H15ClN6O5S/c23-18-11-8-15(12-19(18)29(33)34)24-20(30)13-35-22-26-25-21(27(22)16-4-2-1-3-5-16)14-6-9-17(10-7-14)28(31)32/h1-12H,13H2,(H,24,30). The lowest BCUT2D eigenvalue weighted by Gasteiger charge is -2.10. The number of amides is 1. The van der Waals surface area contributed by atoms with Gasteiger partial charge in [-0.05, 0) is 36.4 Å². The Morgan fingerprint density at radius 1 is 0.971 bits per heavy atom. The lowest BCUT2D eigenvalue weighted by Crippen LogP contribution is -2.14. The minimum Gasteiger partial charge on any atom is -0.325 e. The Bertz CT molecular complexity index is 1410. The Morgan fingerprint density at radius 2 is 1.69 bits per heavy atom. The number of carbonyl (C=O) groups is 1. The van der Waals surface area contributed by atoms with E-state index in [9.17, 15) is 25.0 Å².